The largest absolute Gasteiger partial charge is 0.497 e. The fraction of sp³-hybridized carbons (Fsp3) is 0.395. The third kappa shape index (κ3) is 8.61. The Balaban J connectivity index is 1.39. The molecule has 0 aliphatic carbocycles. The molecule has 1 atom stereocenters. The number of hydrogen-bond acceptors (Lipinski definition) is 9. The summed E-state index contributed by atoms with van der Waals surface area (Å²) in [4.78, 5) is 28.1. The van der Waals surface area contributed by atoms with Crippen LogP contribution < -0.4 is 24.4 Å². The topological polar surface area (TPSA) is 113 Å². The Bertz CT molecular complexity index is 1750. The average molecular weight is 687 g/mol. The molecule has 2 heterocycles. The minimum Gasteiger partial charge on any atom is -0.497 e. The normalized spacial score (nSPS) is 14.3. The van der Waals surface area contributed by atoms with Gasteiger partial charge in [-0.3, -0.25) is 9.80 Å². The third-order valence-electron chi connectivity index (χ3n) is 9.04. The summed E-state index contributed by atoms with van der Waals surface area (Å²) in [5.41, 5.74) is 4.71. The second-order valence-corrected chi connectivity index (χ2v) is 12.8. The first-order valence-corrected chi connectivity index (χ1v) is 16.8. The molecule has 5 rings (SSSR count). The number of aryl methyl sites for hydroxylation is 3. The van der Waals surface area contributed by atoms with E-state index in [2.05, 4.69) is 38.9 Å². The highest BCUT2D eigenvalue weighted by Gasteiger charge is 2.33. The van der Waals surface area contributed by atoms with E-state index in [9.17, 15) is 9.90 Å². The summed E-state index contributed by atoms with van der Waals surface area (Å²) < 4.78 is 32.0. The van der Waals surface area contributed by atoms with Gasteiger partial charge in [0.05, 0.1) is 20.3 Å². The van der Waals surface area contributed by atoms with Crippen molar-refractivity contribution in [1.29, 1.82) is 0 Å². The summed E-state index contributed by atoms with van der Waals surface area (Å²) in [5, 5.41) is 13.8. The summed E-state index contributed by atoms with van der Waals surface area (Å²) in [6, 6.07) is 15.2. The molecule has 1 aliphatic heterocycles. The Hall–Kier alpha value is -4.94. The average Bonchev–Trinajstić information content (AvgIpc) is 3.08. The lowest BCUT2D eigenvalue weighted by Crippen LogP contribution is -2.49. The molecule has 50 heavy (non-hydrogen) atoms. The smallest absolute Gasteiger partial charge is 0.413 e. The Morgan fingerprint density at radius 3 is 2.20 bits per heavy atom. The second-order valence-electron chi connectivity index (χ2n) is 12.8. The number of anilines is 3. The molecule has 0 radical (unpaired) electrons. The Kier molecular flexibility index (Phi) is 11.8. The molecular formula is C38H47FN6O5. The van der Waals surface area contributed by atoms with Crippen molar-refractivity contribution >= 4 is 23.5 Å². The molecule has 0 bridgehead atoms. The van der Waals surface area contributed by atoms with Crippen molar-refractivity contribution in [2.24, 2.45) is 0 Å². The standard InChI is InChI=1S/C38H47FN6O5/c1-24(2)44-14-12-43(13-15-44)16-17-50-33-9-8-29(22-32(33)39)41-37-40-11-10-34(42-37)45(38(46)47)36(35-26(4)18-25(3)19-27(35)5)28-20-30(48-6)23-31(21-28)49-7/h8-11,18-24,36H,12-17H2,1-7H3,(H,46,47)(H,40,41,42). The zero-order valence-corrected chi connectivity index (χ0v) is 29.9. The molecule has 1 saturated heterocycles. The summed E-state index contributed by atoms with van der Waals surface area (Å²) in [6.45, 7) is 15.4. The van der Waals surface area contributed by atoms with Gasteiger partial charge in [-0.15, -0.1) is 0 Å². The van der Waals surface area contributed by atoms with Crippen LogP contribution in [0.15, 0.2) is 60.8 Å². The Labute approximate surface area is 293 Å². The Morgan fingerprint density at radius 1 is 0.960 bits per heavy atom. The molecule has 1 aliphatic rings. The van der Waals surface area contributed by atoms with Crippen molar-refractivity contribution in [3.05, 3.63) is 94.4 Å². The number of halogens is 1. The molecule has 0 saturated carbocycles. The molecule has 12 heteroatoms. The van der Waals surface area contributed by atoms with Gasteiger partial charge < -0.3 is 24.6 Å². The number of nitrogens with zero attached hydrogens (tertiary/aromatic N) is 5. The minimum absolute atomic E-state index is 0.0988. The zero-order valence-electron chi connectivity index (χ0n) is 29.9. The van der Waals surface area contributed by atoms with Crippen LogP contribution in [0, 0.1) is 26.6 Å². The van der Waals surface area contributed by atoms with Gasteiger partial charge in [-0.2, -0.15) is 4.98 Å². The van der Waals surface area contributed by atoms with E-state index < -0.39 is 18.0 Å². The number of amides is 1. The van der Waals surface area contributed by atoms with Crippen molar-refractivity contribution in [1.82, 2.24) is 19.8 Å². The fourth-order valence-corrected chi connectivity index (χ4v) is 6.55. The second kappa shape index (κ2) is 16.2. The van der Waals surface area contributed by atoms with Gasteiger partial charge in [0.1, 0.15) is 23.9 Å². The highest BCUT2D eigenvalue weighted by Crippen LogP contribution is 2.39. The van der Waals surface area contributed by atoms with Crippen LogP contribution in [0.2, 0.25) is 0 Å². The number of carbonyl (C=O) groups is 1. The molecule has 1 amide bonds. The van der Waals surface area contributed by atoms with Crippen LogP contribution in [0.4, 0.5) is 26.6 Å². The summed E-state index contributed by atoms with van der Waals surface area (Å²) in [5.74, 6) is 0.878. The molecule has 11 nitrogen and oxygen atoms in total. The number of rotatable bonds is 13. The third-order valence-corrected chi connectivity index (χ3v) is 9.04. The van der Waals surface area contributed by atoms with Crippen LogP contribution in [0.5, 0.6) is 17.2 Å². The zero-order chi connectivity index (χ0) is 35.9. The van der Waals surface area contributed by atoms with Gasteiger partial charge in [0.15, 0.2) is 11.6 Å². The van der Waals surface area contributed by atoms with Gasteiger partial charge in [0.25, 0.3) is 0 Å². The highest BCUT2D eigenvalue weighted by atomic mass is 19.1. The summed E-state index contributed by atoms with van der Waals surface area (Å²) in [7, 11) is 3.09. The van der Waals surface area contributed by atoms with Gasteiger partial charge in [0.2, 0.25) is 5.95 Å². The van der Waals surface area contributed by atoms with Gasteiger partial charge in [0, 0.05) is 62.8 Å². The lowest BCUT2D eigenvalue weighted by molar-refractivity contribution is 0.0965. The molecular weight excluding hydrogens is 639 g/mol. The summed E-state index contributed by atoms with van der Waals surface area (Å²) in [6.07, 6.45) is 0.239. The SMILES string of the molecule is COc1cc(OC)cc(C(c2c(C)cc(C)cc2C)N(C(=O)O)c2ccnc(Nc3ccc(OCCN4CCN(C(C)C)CC4)c(F)c3)n2)c1. The van der Waals surface area contributed by atoms with Crippen molar-refractivity contribution in [3.63, 3.8) is 0 Å². The van der Waals surface area contributed by atoms with Crippen LogP contribution in [0.25, 0.3) is 0 Å². The lowest BCUT2D eigenvalue weighted by Gasteiger charge is -2.36. The van der Waals surface area contributed by atoms with Crippen molar-refractivity contribution in [2.45, 2.75) is 46.7 Å². The maximum atomic E-state index is 15.1. The molecule has 266 valence electrons. The van der Waals surface area contributed by atoms with Crippen molar-refractivity contribution < 1.29 is 28.5 Å². The lowest BCUT2D eigenvalue weighted by atomic mass is 9.88. The molecule has 1 fully saturated rings. The first kappa shape index (κ1) is 36.3. The molecule has 1 aromatic heterocycles. The van der Waals surface area contributed by atoms with E-state index in [4.69, 9.17) is 14.2 Å². The number of piperazine rings is 1. The molecule has 2 N–H and O–H groups in total. The van der Waals surface area contributed by atoms with E-state index in [0.717, 1.165) is 55.0 Å². The van der Waals surface area contributed by atoms with E-state index in [0.29, 0.717) is 35.4 Å². The minimum atomic E-state index is -1.23. The van der Waals surface area contributed by atoms with Gasteiger partial charge in [-0.25, -0.2) is 19.1 Å². The van der Waals surface area contributed by atoms with E-state index in [1.807, 2.05) is 32.9 Å². The van der Waals surface area contributed by atoms with Crippen LogP contribution >= 0.6 is 0 Å². The van der Waals surface area contributed by atoms with E-state index in [1.165, 1.54) is 23.2 Å². The van der Waals surface area contributed by atoms with Gasteiger partial charge >= 0.3 is 6.09 Å². The van der Waals surface area contributed by atoms with Gasteiger partial charge in [-0.1, -0.05) is 17.7 Å². The van der Waals surface area contributed by atoms with Crippen LogP contribution in [-0.2, 0) is 0 Å². The maximum absolute atomic E-state index is 15.1. The monoisotopic (exact) mass is 686 g/mol. The van der Waals surface area contributed by atoms with E-state index >= 15 is 4.39 Å². The highest BCUT2D eigenvalue weighted by molar-refractivity contribution is 5.87. The van der Waals surface area contributed by atoms with Crippen LogP contribution in [0.3, 0.4) is 0 Å². The number of benzene rings is 3. The van der Waals surface area contributed by atoms with Crippen LogP contribution in [-0.4, -0.2) is 90.6 Å². The molecule has 4 aromatic rings. The van der Waals surface area contributed by atoms with Crippen LogP contribution in [0.1, 0.15) is 47.7 Å². The number of nitrogens with one attached hydrogen (secondary N) is 1. The predicted octanol–water partition coefficient (Wildman–Crippen LogP) is 6.98. The number of carboxylic acid groups (broad SMARTS) is 1. The fourth-order valence-electron chi connectivity index (χ4n) is 6.55. The molecule has 1 unspecified atom stereocenters. The Morgan fingerprint density at radius 2 is 1.62 bits per heavy atom. The van der Waals surface area contributed by atoms with E-state index in [-0.39, 0.29) is 17.5 Å². The van der Waals surface area contributed by atoms with Crippen molar-refractivity contribution in [3.8, 4) is 17.2 Å². The summed E-state index contributed by atoms with van der Waals surface area (Å²) >= 11 is 0. The van der Waals surface area contributed by atoms with Crippen molar-refractivity contribution in [2.75, 3.05) is 63.8 Å². The van der Waals surface area contributed by atoms with E-state index in [1.54, 1.807) is 44.6 Å². The predicted molar refractivity (Wildman–Crippen MR) is 193 cm³/mol. The first-order chi connectivity index (χ1) is 24.0. The molecule has 3 aromatic carbocycles. The maximum Gasteiger partial charge on any atom is 0.413 e. The quantitative estimate of drug-likeness (QED) is 0.153. The first-order valence-electron chi connectivity index (χ1n) is 16.8. The number of ether oxygens (including phenoxy) is 3. The number of aromatic nitrogens is 2. The number of hydrogen-bond donors (Lipinski definition) is 2. The molecule has 0 spiro atoms. The number of methoxy groups -OCH3 is 2. The van der Waals surface area contributed by atoms with Gasteiger partial charge in [-0.05, 0) is 87.2 Å².